The van der Waals surface area contributed by atoms with E-state index in [1.54, 1.807) is 7.11 Å². The van der Waals surface area contributed by atoms with Gasteiger partial charge in [0.2, 0.25) is 0 Å². The van der Waals surface area contributed by atoms with Gasteiger partial charge in [-0.25, -0.2) is 0 Å². The minimum atomic E-state index is -0.853. The third kappa shape index (κ3) is 2.63. The first kappa shape index (κ1) is 21.6. The summed E-state index contributed by atoms with van der Waals surface area (Å²) in [7, 11) is 1.67. The number of rotatable bonds is 5. The fraction of sp³-hybridized carbons (Fsp3) is 0.667. The van der Waals surface area contributed by atoms with Crippen LogP contribution in [0.5, 0.6) is 0 Å². The van der Waals surface area contributed by atoms with Crippen molar-refractivity contribution in [2.45, 2.75) is 81.1 Å². The molecule has 6 rings (SSSR count). The molecule has 176 valence electrons. The second-order valence-electron chi connectivity index (χ2n) is 11.3. The van der Waals surface area contributed by atoms with Gasteiger partial charge < -0.3 is 14.6 Å². The fourth-order valence-electron chi connectivity index (χ4n) is 8.63. The third-order valence-corrected chi connectivity index (χ3v) is 10.2. The number of nitroso groups, excluding NO2 is 1. The lowest BCUT2D eigenvalue weighted by molar-refractivity contribution is -0.147. The van der Waals surface area contributed by atoms with Gasteiger partial charge in [0.1, 0.15) is 17.7 Å². The number of ketones is 1. The van der Waals surface area contributed by atoms with E-state index >= 15 is 0 Å². The number of aliphatic hydroxyl groups is 1. The molecule has 7 atom stereocenters. The molecule has 4 aliphatic carbocycles. The summed E-state index contributed by atoms with van der Waals surface area (Å²) >= 11 is 0. The molecule has 0 radical (unpaired) electrons. The Labute approximate surface area is 194 Å². The van der Waals surface area contributed by atoms with Crippen molar-refractivity contribution in [3.63, 3.8) is 0 Å². The molecule has 0 aromatic heterocycles. The molecular weight excluding hydrogens is 418 g/mol. The van der Waals surface area contributed by atoms with Crippen LogP contribution in [0.1, 0.15) is 68.9 Å². The number of hydrogen-bond donors (Lipinski definition) is 1. The van der Waals surface area contributed by atoms with Gasteiger partial charge in [-0.05, 0) is 73.1 Å². The van der Waals surface area contributed by atoms with Crippen molar-refractivity contribution in [1.29, 1.82) is 0 Å². The van der Waals surface area contributed by atoms with Crippen molar-refractivity contribution < 1.29 is 19.4 Å². The Hall–Kier alpha value is -1.89. The molecule has 0 bridgehead atoms. The van der Waals surface area contributed by atoms with Crippen molar-refractivity contribution in [3.8, 4) is 0 Å². The molecule has 1 aliphatic heterocycles. The van der Waals surface area contributed by atoms with Gasteiger partial charge in [-0.3, -0.25) is 4.79 Å². The topological polar surface area (TPSA) is 88.5 Å². The maximum atomic E-state index is 12.3. The maximum absolute atomic E-state index is 12.3. The first-order valence-electron chi connectivity index (χ1n) is 12.4. The molecule has 6 heteroatoms. The van der Waals surface area contributed by atoms with Crippen LogP contribution in [0.25, 0.3) is 0 Å². The minimum absolute atomic E-state index is 0.111. The van der Waals surface area contributed by atoms with E-state index in [9.17, 15) is 14.8 Å². The number of carbonyl (C=O) groups is 1. The highest BCUT2D eigenvalue weighted by Crippen LogP contribution is 2.79. The smallest absolute Gasteiger partial charge is 0.155 e. The van der Waals surface area contributed by atoms with Crippen LogP contribution in [0, 0.1) is 22.2 Å². The van der Waals surface area contributed by atoms with Crippen LogP contribution in [0.3, 0.4) is 0 Å². The van der Waals surface area contributed by atoms with Crippen LogP contribution in [-0.2, 0) is 20.8 Å². The number of nitrogens with zero attached hydrogens (tertiary/aromatic N) is 1. The van der Waals surface area contributed by atoms with Crippen molar-refractivity contribution in [2.24, 2.45) is 22.4 Å². The minimum Gasteiger partial charge on any atom is -0.387 e. The van der Waals surface area contributed by atoms with Crippen LogP contribution in [0.15, 0.2) is 41.1 Å². The molecule has 1 aromatic carbocycles. The van der Waals surface area contributed by atoms with Crippen LogP contribution >= 0.6 is 0 Å². The molecule has 1 heterocycles. The van der Waals surface area contributed by atoms with E-state index in [0.29, 0.717) is 24.9 Å². The van der Waals surface area contributed by atoms with E-state index in [0.717, 1.165) is 44.1 Å². The molecule has 0 amide bonds. The number of fused-ring (bicyclic) bond motifs is 2. The van der Waals surface area contributed by atoms with Crippen molar-refractivity contribution in [2.75, 3.05) is 13.7 Å². The molecule has 33 heavy (non-hydrogen) atoms. The molecule has 1 aromatic rings. The highest BCUT2D eigenvalue weighted by molar-refractivity contribution is 5.92. The zero-order valence-electron chi connectivity index (χ0n) is 19.5. The Morgan fingerprint density at radius 2 is 1.94 bits per heavy atom. The summed E-state index contributed by atoms with van der Waals surface area (Å²) < 4.78 is 12.5. The number of benzene rings is 1. The zero-order valence-corrected chi connectivity index (χ0v) is 19.5. The summed E-state index contributed by atoms with van der Waals surface area (Å²) in [5, 5.41) is 14.8. The van der Waals surface area contributed by atoms with E-state index in [4.69, 9.17) is 9.47 Å². The van der Waals surface area contributed by atoms with Crippen molar-refractivity contribution in [1.82, 2.24) is 0 Å². The van der Waals surface area contributed by atoms with E-state index in [1.165, 1.54) is 11.1 Å². The second kappa shape index (κ2) is 7.06. The highest BCUT2D eigenvalue weighted by Gasteiger charge is 2.83. The summed E-state index contributed by atoms with van der Waals surface area (Å²) in [5.41, 5.74) is 1.51. The van der Waals surface area contributed by atoms with Crippen molar-refractivity contribution in [3.05, 3.63) is 51.9 Å². The van der Waals surface area contributed by atoms with Gasteiger partial charge in [-0.2, -0.15) is 4.91 Å². The van der Waals surface area contributed by atoms with Gasteiger partial charge >= 0.3 is 0 Å². The lowest BCUT2D eigenvalue weighted by Crippen LogP contribution is -2.60. The summed E-state index contributed by atoms with van der Waals surface area (Å²) in [6.45, 7) is 2.78. The normalized spacial score (nSPS) is 45.4. The fourth-order valence-corrected chi connectivity index (χ4v) is 8.63. The Balaban J connectivity index is 1.48. The summed E-state index contributed by atoms with van der Waals surface area (Å²) in [6.07, 6.45) is 7.64. The lowest BCUT2D eigenvalue weighted by Gasteiger charge is -2.56. The Bertz CT molecular complexity index is 1040. The summed E-state index contributed by atoms with van der Waals surface area (Å²) in [6, 6.07) is 8.22. The van der Waals surface area contributed by atoms with E-state index in [2.05, 4.69) is 24.2 Å². The first-order chi connectivity index (χ1) is 15.8. The predicted molar refractivity (Wildman–Crippen MR) is 123 cm³/mol. The average Bonchev–Trinajstić information content (AvgIpc) is 3.41. The Morgan fingerprint density at radius 1 is 1.15 bits per heavy atom. The highest BCUT2D eigenvalue weighted by atomic mass is 16.6. The summed E-state index contributed by atoms with van der Waals surface area (Å²) in [5.74, 6) is 1.04. The molecule has 0 unspecified atom stereocenters. The predicted octanol–water partition coefficient (Wildman–Crippen LogP) is 4.44. The van der Waals surface area contributed by atoms with Gasteiger partial charge in [0.25, 0.3) is 0 Å². The van der Waals surface area contributed by atoms with Crippen molar-refractivity contribution >= 4 is 5.78 Å². The number of carbonyl (C=O) groups excluding carboxylic acids is 1. The molecule has 6 nitrogen and oxygen atoms in total. The largest absolute Gasteiger partial charge is 0.387 e. The van der Waals surface area contributed by atoms with Gasteiger partial charge in [-0.1, -0.05) is 36.4 Å². The summed E-state index contributed by atoms with van der Waals surface area (Å²) in [4.78, 5) is 23.0. The molecule has 5 aliphatic rings. The molecule has 3 saturated carbocycles. The quantitative estimate of drug-likeness (QED) is 0.528. The van der Waals surface area contributed by atoms with Gasteiger partial charge in [0.15, 0.2) is 5.78 Å². The number of ether oxygens (including phenoxy) is 2. The van der Waals surface area contributed by atoms with Crippen LogP contribution in [-0.4, -0.2) is 41.4 Å². The molecular formula is C27H33NO5. The number of methoxy groups -OCH3 is 1. The van der Waals surface area contributed by atoms with Gasteiger partial charge in [0, 0.05) is 24.9 Å². The van der Waals surface area contributed by atoms with E-state index in [1.807, 2.05) is 18.2 Å². The van der Waals surface area contributed by atoms with Gasteiger partial charge in [-0.15, -0.1) is 0 Å². The third-order valence-electron chi connectivity index (χ3n) is 10.2. The van der Waals surface area contributed by atoms with Crippen LogP contribution in [0.2, 0.25) is 0 Å². The monoisotopic (exact) mass is 451 g/mol. The lowest BCUT2D eigenvalue weighted by atomic mass is 9.46. The maximum Gasteiger partial charge on any atom is 0.155 e. The number of hydrogen-bond acceptors (Lipinski definition) is 6. The standard InChI is InChI=1S/C27H33NO5/c1-24-14-23(18-5-3-17(4-6-18)15-28-31)27-22(21(24)10-11-25(24,30)16-32-2)8-7-19-13-20(29)9-12-26(19,27)33-27/h3-6,13,21-23,30H,7-12,14-16H2,1-2H3/t21-,22-,23+,24-,25+,26-,27-/m0/s1. The molecule has 4 fully saturated rings. The van der Waals surface area contributed by atoms with E-state index < -0.39 is 5.60 Å². The van der Waals surface area contributed by atoms with Crippen LogP contribution in [0.4, 0.5) is 0 Å². The average molecular weight is 452 g/mol. The molecule has 2 spiro atoms. The Kier molecular flexibility index (Phi) is 4.63. The second-order valence-corrected chi connectivity index (χ2v) is 11.3. The molecule has 1 saturated heterocycles. The molecule has 1 N–H and O–H groups in total. The van der Waals surface area contributed by atoms with Gasteiger partial charge in [0.05, 0.1) is 12.2 Å². The Morgan fingerprint density at radius 3 is 2.67 bits per heavy atom. The number of epoxide rings is 1. The van der Waals surface area contributed by atoms with E-state index in [-0.39, 0.29) is 34.9 Å². The zero-order chi connectivity index (χ0) is 23.1. The first-order valence-corrected chi connectivity index (χ1v) is 12.4. The van der Waals surface area contributed by atoms with Crippen LogP contribution < -0.4 is 0 Å². The SMILES string of the molecule is COC[C@]1(O)CC[C@H]2[C@@H]3CCC4=CC(=O)CC[C@]45O[C@]35[C@@H](c3ccc(CN=O)cc3)C[C@@]21C.